The maximum absolute atomic E-state index is 13.4. The number of hydrogen-bond acceptors (Lipinski definition) is 2. The molecule has 130 valence electrons. The average molecular weight is 355 g/mol. The Bertz CT molecular complexity index is 840. The van der Waals surface area contributed by atoms with Crippen molar-refractivity contribution < 1.29 is 31.9 Å². The number of carboxylic acids is 1. The van der Waals surface area contributed by atoms with Crippen LogP contribution in [0.4, 0.5) is 27.6 Å². The van der Waals surface area contributed by atoms with Gasteiger partial charge in [-0.05, 0) is 24.3 Å². The smallest absolute Gasteiger partial charge is 0.335 e. The predicted molar refractivity (Wildman–Crippen MR) is 79.6 cm³/mol. The van der Waals surface area contributed by atoms with Gasteiger partial charge in [0.2, 0.25) is 5.82 Å². The summed E-state index contributed by atoms with van der Waals surface area (Å²) in [6.07, 6.45) is 0.0557. The van der Waals surface area contributed by atoms with E-state index in [0.717, 1.165) is 0 Å². The molecule has 0 spiro atoms. The molecular weight excluding hydrogens is 345 g/mol. The van der Waals surface area contributed by atoms with E-state index >= 15 is 0 Å². The van der Waals surface area contributed by atoms with E-state index in [2.05, 4.69) is 11.2 Å². The molecular formula is C17H10F5NO2. The normalized spacial score (nSPS) is 10.1. The average Bonchev–Trinajstić information content (AvgIpc) is 2.61. The molecule has 2 rings (SSSR count). The quantitative estimate of drug-likeness (QED) is 0.287. The van der Waals surface area contributed by atoms with Gasteiger partial charge in [-0.2, -0.15) is 0 Å². The second-order valence-corrected chi connectivity index (χ2v) is 4.81. The van der Waals surface area contributed by atoms with Crippen molar-refractivity contribution in [2.75, 3.05) is 11.9 Å². The molecule has 2 aromatic carbocycles. The van der Waals surface area contributed by atoms with Gasteiger partial charge in [-0.15, -0.1) is 0 Å². The second-order valence-electron chi connectivity index (χ2n) is 4.81. The third-order valence-electron chi connectivity index (χ3n) is 3.13. The number of benzene rings is 2. The molecule has 2 aromatic rings. The standard InChI is InChI=1S/C17H10F5NO2/c18-12-11(13(19)15(21)16(22)14(12)20)3-1-2-8-23-10-6-4-9(5-7-10)17(24)25/h4-7,23H,2,8H2,(H,24,25). The summed E-state index contributed by atoms with van der Waals surface area (Å²) in [5.41, 5.74) is -0.484. The van der Waals surface area contributed by atoms with Crippen LogP contribution in [0.3, 0.4) is 0 Å². The number of halogens is 5. The Morgan fingerprint density at radius 3 is 1.96 bits per heavy atom. The molecule has 0 radical (unpaired) electrons. The summed E-state index contributed by atoms with van der Waals surface area (Å²) in [7, 11) is 0. The first kappa shape index (κ1) is 18.3. The van der Waals surface area contributed by atoms with Gasteiger partial charge >= 0.3 is 5.97 Å². The second kappa shape index (κ2) is 7.66. The number of rotatable bonds is 4. The van der Waals surface area contributed by atoms with Crippen LogP contribution in [0.25, 0.3) is 0 Å². The lowest BCUT2D eigenvalue weighted by molar-refractivity contribution is 0.0697. The highest BCUT2D eigenvalue weighted by atomic mass is 19.2. The number of hydrogen-bond donors (Lipinski definition) is 2. The van der Waals surface area contributed by atoms with Crippen LogP contribution in [0.15, 0.2) is 24.3 Å². The number of nitrogens with one attached hydrogen (secondary N) is 1. The van der Waals surface area contributed by atoms with E-state index in [9.17, 15) is 26.7 Å². The maximum atomic E-state index is 13.4. The molecule has 0 heterocycles. The molecule has 0 atom stereocenters. The van der Waals surface area contributed by atoms with E-state index in [0.29, 0.717) is 5.69 Å². The summed E-state index contributed by atoms with van der Waals surface area (Å²) in [6, 6.07) is 5.79. The molecule has 0 aromatic heterocycles. The molecule has 0 unspecified atom stereocenters. The van der Waals surface area contributed by atoms with Crippen molar-refractivity contribution in [3.8, 4) is 11.8 Å². The first-order valence-electron chi connectivity index (χ1n) is 6.90. The lowest BCUT2D eigenvalue weighted by atomic mass is 10.1. The molecule has 0 aliphatic heterocycles. The molecule has 3 nitrogen and oxygen atoms in total. The molecule has 25 heavy (non-hydrogen) atoms. The third kappa shape index (κ3) is 4.07. The van der Waals surface area contributed by atoms with Gasteiger partial charge in [-0.25, -0.2) is 26.7 Å². The van der Waals surface area contributed by atoms with Crippen molar-refractivity contribution in [2.45, 2.75) is 6.42 Å². The van der Waals surface area contributed by atoms with Gasteiger partial charge in [0.1, 0.15) is 5.56 Å². The fourth-order valence-electron chi connectivity index (χ4n) is 1.87. The van der Waals surface area contributed by atoms with Crippen molar-refractivity contribution in [2.24, 2.45) is 0 Å². The van der Waals surface area contributed by atoms with Crippen LogP contribution in [-0.2, 0) is 0 Å². The Kier molecular flexibility index (Phi) is 5.60. The fraction of sp³-hybridized carbons (Fsp3) is 0.118. The minimum Gasteiger partial charge on any atom is -0.478 e. The highest BCUT2D eigenvalue weighted by Crippen LogP contribution is 2.22. The van der Waals surface area contributed by atoms with Crippen molar-refractivity contribution in [3.63, 3.8) is 0 Å². The van der Waals surface area contributed by atoms with Crippen LogP contribution in [0.2, 0.25) is 0 Å². The number of carbonyl (C=O) groups is 1. The summed E-state index contributed by atoms with van der Waals surface area (Å²) in [5.74, 6) is -7.07. The Morgan fingerprint density at radius 2 is 1.44 bits per heavy atom. The molecule has 0 bridgehead atoms. The Labute approximate surface area is 139 Å². The van der Waals surface area contributed by atoms with Crippen LogP contribution in [0.5, 0.6) is 0 Å². The first-order valence-corrected chi connectivity index (χ1v) is 6.90. The zero-order chi connectivity index (χ0) is 18.6. The molecule has 0 saturated heterocycles. The summed E-state index contributed by atoms with van der Waals surface area (Å²) in [4.78, 5) is 10.7. The van der Waals surface area contributed by atoms with E-state index in [1.807, 2.05) is 5.92 Å². The highest BCUT2D eigenvalue weighted by Gasteiger charge is 2.24. The summed E-state index contributed by atoms with van der Waals surface area (Å²) in [6.45, 7) is 0.217. The van der Waals surface area contributed by atoms with Gasteiger partial charge in [-0.3, -0.25) is 0 Å². The number of carboxylic acid groups (broad SMARTS) is 1. The van der Waals surface area contributed by atoms with Crippen molar-refractivity contribution in [1.29, 1.82) is 0 Å². The molecule has 2 N–H and O–H groups in total. The Morgan fingerprint density at radius 1 is 0.920 bits per heavy atom. The Hall–Kier alpha value is -3.08. The molecule has 0 aliphatic carbocycles. The van der Waals surface area contributed by atoms with Crippen LogP contribution < -0.4 is 5.32 Å². The topological polar surface area (TPSA) is 49.3 Å². The van der Waals surface area contributed by atoms with E-state index in [-0.39, 0.29) is 18.5 Å². The van der Waals surface area contributed by atoms with Gasteiger partial charge in [-0.1, -0.05) is 11.8 Å². The molecule has 0 aliphatic rings. The van der Waals surface area contributed by atoms with Gasteiger partial charge in [0.15, 0.2) is 23.3 Å². The summed E-state index contributed by atoms with van der Waals surface area (Å²) in [5, 5.41) is 11.6. The minimum atomic E-state index is -2.23. The van der Waals surface area contributed by atoms with E-state index in [1.54, 1.807) is 0 Å². The van der Waals surface area contributed by atoms with E-state index in [4.69, 9.17) is 5.11 Å². The lowest BCUT2D eigenvalue weighted by Crippen LogP contribution is -2.05. The van der Waals surface area contributed by atoms with E-state index in [1.165, 1.54) is 24.3 Å². The fourth-order valence-corrected chi connectivity index (χ4v) is 1.87. The van der Waals surface area contributed by atoms with Gasteiger partial charge in [0.25, 0.3) is 0 Å². The van der Waals surface area contributed by atoms with Gasteiger partial charge in [0.05, 0.1) is 5.56 Å². The van der Waals surface area contributed by atoms with Crippen molar-refractivity contribution in [1.82, 2.24) is 0 Å². The minimum absolute atomic E-state index is 0.0557. The predicted octanol–water partition coefficient (Wildman–Crippen LogP) is 3.93. The van der Waals surface area contributed by atoms with Gasteiger partial charge < -0.3 is 10.4 Å². The van der Waals surface area contributed by atoms with E-state index < -0.39 is 40.6 Å². The number of aromatic carboxylic acids is 1. The number of anilines is 1. The molecule has 0 fully saturated rings. The molecule has 0 amide bonds. The van der Waals surface area contributed by atoms with Crippen molar-refractivity contribution in [3.05, 3.63) is 64.5 Å². The zero-order valence-corrected chi connectivity index (χ0v) is 12.5. The molecule has 0 saturated carbocycles. The summed E-state index contributed by atoms with van der Waals surface area (Å²) >= 11 is 0. The maximum Gasteiger partial charge on any atom is 0.335 e. The third-order valence-corrected chi connectivity index (χ3v) is 3.13. The van der Waals surface area contributed by atoms with Crippen LogP contribution in [0, 0.1) is 40.9 Å². The van der Waals surface area contributed by atoms with Crippen LogP contribution in [0.1, 0.15) is 22.3 Å². The highest BCUT2D eigenvalue weighted by molar-refractivity contribution is 5.87. The summed E-state index contributed by atoms with van der Waals surface area (Å²) < 4.78 is 65.7. The first-order chi connectivity index (χ1) is 11.8. The van der Waals surface area contributed by atoms with Crippen LogP contribution in [-0.4, -0.2) is 17.6 Å². The van der Waals surface area contributed by atoms with Crippen LogP contribution >= 0.6 is 0 Å². The Balaban J connectivity index is 2.01. The monoisotopic (exact) mass is 355 g/mol. The largest absolute Gasteiger partial charge is 0.478 e. The van der Waals surface area contributed by atoms with Crippen molar-refractivity contribution >= 4 is 11.7 Å². The SMILES string of the molecule is O=C(O)c1ccc(NCCC#Cc2c(F)c(F)c(F)c(F)c2F)cc1. The zero-order valence-electron chi connectivity index (χ0n) is 12.5. The molecule has 8 heteroatoms. The van der Waals surface area contributed by atoms with Gasteiger partial charge in [0, 0.05) is 18.7 Å². The lowest BCUT2D eigenvalue weighted by Gasteiger charge is -2.04.